The van der Waals surface area contributed by atoms with Crippen LogP contribution in [0.3, 0.4) is 0 Å². The van der Waals surface area contributed by atoms with Crippen LogP contribution in [-0.4, -0.2) is 32.5 Å². The zero-order valence-electron chi connectivity index (χ0n) is 13.5. The van der Waals surface area contributed by atoms with Crippen molar-refractivity contribution in [1.82, 2.24) is 0 Å². The molecule has 0 spiro atoms. The number of benzene rings is 2. The fourth-order valence-corrected chi connectivity index (χ4v) is 2.05. The molecule has 0 aliphatic rings. The van der Waals surface area contributed by atoms with E-state index in [0.717, 1.165) is 0 Å². The topological polar surface area (TPSA) is 95.2 Å². The minimum absolute atomic E-state index is 0.0111. The molecule has 2 aromatic carbocycles. The Bertz CT molecular complexity index is 736. The first-order valence-corrected chi connectivity index (χ1v) is 6.92. The highest BCUT2D eigenvalue weighted by atomic mass is 16.6. The molecular weight excluding hydrogens is 314 g/mol. The third-order valence-corrected chi connectivity index (χ3v) is 3.15. The van der Waals surface area contributed by atoms with Gasteiger partial charge in [0.15, 0.2) is 11.5 Å². The van der Waals surface area contributed by atoms with Gasteiger partial charge in [0.2, 0.25) is 5.75 Å². The second-order valence-corrected chi connectivity index (χ2v) is 4.64. The van der Waals surface area contributed by atoms with Crippen molar-refractivity contribution in [2.75, 3.05) is 26.8 Å². The van der Waals surface area contributed by atoms with Gasteiger partial charge in [0.05, 0.1) is 38.2 Å². The van der Waals surface area contributed by atoms with Gasteiger partial charge in [-0.2, -0.15) is 5.10 Å². The van der Waals surface area contributed by atoms with Crippen molar-refractivity contribution in [2.24, 2.45) is 5.10 Å². The molecule has 0 radical (unpaired) electrons. The number of hydrogen-bond donors (Lipinski definition) is 1. The second kappa shape index (κ2) is 7.82. The lowest BCUT2D eigenvalue weighted by atomic mass is 10.2. The molecule has 0 saturated carbocycles. The summed E-state index contributed by atoms with van der Waals surface area (Å²) in [5.74, 6) is 1.51. The Kier molecular flexibility index (Phi) is 5.56. The normalized spacial score (nSPS) is 10.5. The number of nitrogens with one attached hydrogen (secondary N) is 1. The van der Waals surface area contributed by atoms with Crippen molar-refractivity contribution < 1.29 is 19.1 Å². The largest absolute Gasteiger partial charge is 0.493 e. The van der Waals surface area contributed by atoms with Gasteiger partial charge in [0.1, 0.15) is 0 Å². The summed E-state index contributed by atoms with van der Waals surface area (Å²) in [7, 11) is 4.58. The molecule has 8 heteroatoms. The Morgan fingerprint density at radius 2 is 1.75 bits per heavy atom. The molecule has 0 atom stereocenters. The van der Waals surface area contributed by atoms with Crippen LogP contribution in [0.4, 0.5) is 11.4 Å². The maximum Gasteiger partial charge on any atom is 0.271 e. The summed E-state index contributed by atoms with van der Waals surface area (Å²) < 4.78 is 15.8. The molecule has 126 valence electrons. The SMILES string of the molecule is COc1cc(C=NNc2cccc([N+](=O)[O-])c2)cc(OC)c1OC. The van der Waals surface area contributed by atoms with Gasteiger partial charge in [-0.15, -0.1) is 0 Å². The highest BCUT2D eigenvalue weighted by Gasteiger charge is 2.12. The van der Waals surface area contributed by atoms with Crippen LogP contribution < -0.4 is 19.6 Å². The van der Waals surface area contributed by atoms with Gasteiger partial charge >= 0.3 is 0 Å². The number of rotatable bonds is 7. The minimum Gasteiger partial charge on any atom is -0.493 e. The molecule has 2 rings (SSSR count). The molecule has 2 aromatic rings. The smallest absolute Gasteiger partial charge is 0.271 e. The van der Waals surface area contributed by atoms with E-state index in [1.165, 1.54) is 33.5 Å². The third-order valence-electron chi connectivity index (χ3n) is 3.15. The molecule has 0 fully saturated rings. The van der Waals surface area contributed by atoms with Crippen LogP contribution in [0.1, 0.15) is 5.56 Å². The van der Waals surface area contributed by atoms with Crippen LogP contribution in [0.15, 0.2) is 41.5 Å². The number of hydrogen-bond acceptors (Lipinski definition) is 7. The number of nitro benzene ring substituents is 1. The predicted octanol–water partition coefficient (Wildman–Crippen LogP) is 3.07. The summed E-state index contributed by atoms with van der Waals surface area (Å²) in [6, 6.07) is 9.54. The first-order chi connectivity index (χ1) is 11.6. The zero-order chi connectivity index (χ0) is 17.5. The number of non-ortho nitro benzene ring substituents is 1. The summed E-state index contributed by atoms with van der Waals surface area (Å²) in [4.78, 5) is 10.3. The monoisotopic (exact) mass is 331 g/mol. The van der Waals surface area contributed by atoms with Gasteiger partial charge in [-0.3, -0.25) is 15.5 Å². The lowest BCUT2D eigenvalue weighted by Crippen LogP contribution is -1.97. The number of ether oxygens (including phenoxy) is 3. The van der Waals surface area contributed by atoms with E-state index < -0.39 is 4.92 Å². The van der Waals surface area contributed by atoms with E-state index in [-0.39, 0.29) is 5.69 Å². The molecule has 0 aromatic heterocycles. The number of nitrogens with zero attached hydrogens (tertiary/aromatic N) is 2. The lowest BCUT2D eigenvalue weighted by molar-refractivity contribution is -0.384. The summed E-state index contributed by atoms with van der Waals surface area (Å²) in [6.07, 6.45) is 1.54. The fraction of sp³-hybridized carbons (Fsp3) is 0.188. The molecule has 24 heavy (non-hydrogen) atoms. The van der Waals surface area contributed by atoms with Crippen LogP contribution >= 0.6 is 0 Å². The zero-order valence-corrected chi connectivity index (χ0v) is 13.5. The average Bonchev–Trinajstić information content (AvgIpc) is 2.61. The van der Waals surface area contributed by atoms with E-state index in [0.29, 0.717) is 28.5 Å². The molecule has 0 bridgehead atoms. The highest BCUT2D eigenvalue weighted by molar-refractivity contribution is 5.83. The molecule has 0 amide bonds. The summed E-state index contributed by atoms with van der Waals surface area (Å²) in [6.45, 7) is 0. The molecular formula is C16H17N3O5. The standard InChI is InChI=1S/C16H17N3O5/c1-22-14-7-11(8-15(23-2)16(14)24-3)10-17-18-12-5-4-6-13(9-12)19(20)21/h4-10,18H,1-3H3. The first kappa shape index (κ1) is 17.1. The second-order valence-electron chi connectivity index (χ2n) is 4.64. The number of methoxy groups -OCH3 is 3. The van der Waals surface area contributed by atoms with E-state index in [1.54, 1.807) is 30.5 Å². The molecule has 0 heterocycles. The van der Waals surface area contributed by atoms with E-state index in [4.69, 9.17) is 14.2 Å². The summed E-state index contributed by atoms with van der Waals surface area (Å²) >= 11 is 0. The van der Waals surface area contributed by atoms with Gasteiger partial charge in [-0.1, -0.05) is 6.07 Å². The molecule has 8 nitrogen and oxygen atoms in total. The van der Waals surface area contributed by atoms with Gasteiger partial charge in [0.25, 0.3) is 5.69 Å². The van der Waals surface area contributed by atoms with Crippen LogP contribution in [0, 0.1) is 10.1 Å². The van der Waals surface area contributed by atoms with Crippen LogP contribution in [0.25, 0.3) is 0 Å². The Morgan fingerprint density at radius 1 is 1.08 bits per heavy atom. The fourth-order valence-electron chi connectivity index (χ4n) is 2.05. The van der Waals surface area contributed by atoms with Crippen molar-refractivity contribution in [3.63, 3.8) is 0 Å². The van der Waals surface area contributed by atoms with Crippen molar-refractivity contribution >= 4 is 17.6 Å². The number of hydrazone groups is 1. The molecule has 0 aliphatic carbocycles. The summed E-state index contributed by atoms with van der Waals surface area (Å²) in [5.41, 5.74) is 3.95. The Balaban J connectivity index is 2.20. The third kappa shape index (κ3) is 3.92. The van der Waals surface area contributed by atoms with Crippen molar-refractivity contribution in [3.8, 4) is 17.2 Å². The van der Waals surface area contributed by atoms with Crippen LogP contribution in [0.2, 0.25) is 0 Å². The van der Waals surface area contributed by atoms with E-state index in [2.05, 4.69) is 10.5 Å². The number of nitro groups is 1. The van der Waals surface area contributed by atoms with Crippen LogP contribution in [-0.2, 0) is 0 Å². The van der Waals surface area contributed by atoms with Crippen molar-refractivity contribution in [3.05, 3.63) is 52.1 Å². The van der Waals surface area contributed by atoms with Gasteiger partial charge in [-0.05, 0) is 18.2 Å². The van der Waals surface area contributed by atoms with E-state index in [1.807, 2.05) is 0 Å². The van der Waals surface area contributed by atoms with E-state index >= 15 is 0 Å². The quantitative estimate of drug-likeness (QED) is 0.476. The van der Waals surface area contributed by atoms with Crippen LogP contribution in [0.5, 0.6) is 17.2 Å². The van der Waals surface area contributed by atoms with Gasteiger partial charge in [-0.25, -0.2) is 0 Å². The van der Waals surface area contributed by atoms with Crippen molar-refractivity contribution in [2.45, 2.75) is 0 Å². The Labute approximate surface area is 138 Å². The average molecular weight is 331 g/mol. The predicted molar refractivity (Wildman–Crippen MR) is 90.4 cm³/mol. The van der Waals surface area contributed by atoms with Crippen molar-refractivity contribution in [1.29, 1.82) is 0 Å². The number of anilines is 1. The maximum absolute atomic E-state index is 10.7. The molecule has 1 N–H and O–H groups in total. The summed E-state index contributed by atoms with van der Waals surface area (Å²) in [5, 5.41) is 14.8. The molecule has 0 aliphatic heterocycles. The van der Waals surface area contributed by atoms with Gasteiger partial charge < -0.3 is 14.2 Å². The maximum atomic E-state index is 10.7. The minimum atomic E-state index is -0.464. The Morgan fingerprint density at radius 3 is 2.29 bits per heavy atom. The van der Waals surface area contributed by atoms with E-state index in [9.17, 15) is 10.1 Å². The highest BCUT2D eigenvalue weighted by Crippen LogP contribution is 2.37. The molecule has 0 saturated heterocycles. The Hall–Kier alpha value is -3.29. The molecule has 0 unspecified atom stereocenters. The lowest BCUT2D eigenvalue weighted by Gasteiger charge is -2.12. The van der Waals surface area contributed by atoms with Gasteiger partial charge in [0, 0.05) is 17.7 Å². The first-order valence-electron chi connectivity index (χ1n) is 6.92.